The molecule has 25 heavy (non-hydrogen) atoms. The summed E-state index contributed by atoms with van der Waals surface area (Å²) in [6.07, 6.45) is 0. The van der Waals surface area contributed by atoms with Crippen molar-refractivity contribution in [3.05, 3.63) is 65.3 Å². The van der Waals surface area contributed by atoms with Gasteiger partial charge in [0.15, 0.2) is 11.5 Å². The van der Waals surface area contributed by atoms with Crippen molar-refractivity contribution >= 4 is 35.0 Å². The lowest BCUT2D eigenvalue weighted by Gasteiger charge is -2.04. The molecule has 4 nitrogen and oxygen atoms in total. The minimum absolute atomic E-state index is 0.107. The molecule has 2 aromatic carbocycles. The summed E-state index contributed by atoms with van der Waals surface area (Å²) in [4.78, 5) is 12.6. The number of amides is 1. The van der Waals surface area contributed by atoms with Gasteiger partial charge in [0, 0.05) is 27.2 Å². The number of benzene rings is 2. The van der Waals surface area contributed by atoms with Gasteiger partial charge in [-0.1, -0.05) is 28.5 Å². The van der Waals surface area contributed by atoms with Crippen molar-refractivity contribution in [3.8, 4) is 11.3 Å². The van der Waals surface area contributed by atoms with Gasteiger partial charge in [-0.2, -0.15) is 8.78 Å². The fourth-order valence-corrected chi connectivity index (χ4v) is 2.67. The Morgan fingerprint density at radius 1 is 1.12 bits per heavy atom. The van der Waals surface area contributed by atoms with E-state index in [4.69, 9.17) is 16.1 Å². The third-order valence-electron chi connectivity index (χ3n) is 3.21. The minimum Gasteiger partial charge on any atom is -0.355 e. The Kier molecular flexibility index (Phi) is 5.35. The molecule has 0 fully saturated rings. The summed E-state index contributed by atoms with van der Waals surface area (Å²) >= 11 is 6.27. The number of aromatic nitrogens is 1. The van der Waals surface area contributed by atoms with Crippen LogP contribution in [0.3, 0.4) is 0 Å². The van der Waals surface area contributed by atoms with Gasteiger partial charge in [-0.25, -0.2) is 0 Å². The van der Waals surface area contributed by atoms with Crippen LogP contribution >= 0.6 is 23.4 Å². The molecular weight excluding hydrogens is 370 g/mol. The summed E-state index contributed by atoms with van der Waals surface area (Å²) in [6.45, 7) is 0. The Morgan fingerprint density at radius 3 is 2.44 bits per heavy atom. The van der Waals surface area contributed by atoms with E-state index in [9.17, 15) is 13.6 Å². The van der Waals surface area contributed by atoms with E-state index < -0.39 is 11.7 Å². The van der Waals surface area contributed by atoms with Crippen molar-refractivity contribution in [2.75, 3.05) is 5.32 Å². The van der Waals surface area contributed by atoms with Gasteiger partial charge in [-0.05, 0) is 48.5 Å². The van der Waals surface area contributed by atoms with E-state index in [0.717, 1.165) is 5.56 Å². The number of thioether (sulfide) groups is 1. The van der Waals surface area contributed by atoms with Crippen LogP contribution in [0.25, 0.3) is 11.3 Å². The van der Waals surface area contributed by atoms with Gasteiger partial charge in [0.1, 0.15) is 0 Å². The van der Waals surface area contributed by atoms with E-state index in [2.05, 4.69) is 10.5 Å². The van der Waals surface area contributed by atoms with Gasteiger partial charge in [-0.3, -0.25) is 4.79 Å². The molecule has 1 aromatic heterocycles. The second-order valence-electron chi connectivity index (χ2n) is 4.94. The summed E-state index contributed by atoms with van der Waals surface area (Å²) in [5.41, 5.74) is 1.32. The molecule has 0 unspecified atom stereocenters. The van der Waals surface area contributed by atoms with E-state index in [0.29, 0.717) is 33.1 Å². The number of anilines is 1. The zero-order chi connectivity index (χ0) is 17.8. The molecule has 0 saturated heterocycles. The van der Waals surface area contributed by atoms with Crippen LogP contribution in [0.15, 0.2) is 64.0 Å². The highest BCUT2D eigenvalue weighted by Gasteiger charge is 2.14. The third kappa shape index (κ3) is 4.58. The van der Waals surface area contributed by atoms with Crippen LogP contribution in [-0.4, -0.2) is 16.8 Å². The zero-order valence-electron chi connectivity index (χ0n) is 12.6. The molecule has 0 spiro atoms. The summed E-state index contributed by atoms with van der Waals surface area (Å²) in [6, 6.07) is 14.5. The maximum atomic E-state index is 12.3. The quantitative estimate of drug-likeness (QED) is 0.588. The first-order valence-electron chi connectivity index (χ1n) is 7.10. The zero-order valence-corrected chi connectivity index (χ0v) is 14.2. The number of nitrogens with zero attached hydrogens (tertiary/aromatic N) is 1. The van der Waals surface area contributed by atoms with Gasteiger partial charge >= 0.3 is 0 Å². The number of halogens is 3. The molecule has 128 valence electrons. The molecule has 3 rings (SSSR count). The first kappa shape index (κ1) is 17.4. The second-order valence-corrected chi connectivity index (χ2v) is 6.44. The van der Waals surface area contributed by atoms with E-state index >= 15 is 0 Å². The highest BCUT2D eigenvalue weighted by Crippen LogP contribution is 2.26. The monoisotopic (exact) mass is 380 g/mol. The Bertz CT molecular complexity index is 867. The Balaban J connectivity index is 1.68. The molecule has 1 amide bonds. The highest BCUT2D eigenvalue weighted by molar-refractivity contribution is 7.99. The summed E-state index contributed by atoms with van der Waals surface area (Å²) in [5, 5.41) is 6.97. The van der Waals surface area contributed by atoms with Crippen LogP contribution in [0.5, 0.6) is 0 Å². The Labute approximate surface area is 151 Å². The van der Waals surface area contributed by atoms with Crippen LogP contribution < -0.4 is 5.32 Å². The minimum atomic E-state index is -2.48. The molecule has 0 saturated carbocycles. The van der Waals surface area contributed by atoms with Crippen LogP contribution in [0, 0.1) is 0 Å². The van der Waals surface area contributed by atoms with Crippen molar-refractivity contribution < 1.29 is 18.1 Å². The molecule has 1 heterocycles. The normalized spacial score (nSPS) is 10.9. The predicted molar refractivity (Wildman–Crippen MR) is 93.2 cm³/mol. The Hall–Kier alpha value is -2.38. The molecular formula is C17H11ClF2N2O2S. The van der Waals surface area contributed by atoms with E-state index in [1.54, 1.807) is 36.4 Å². The first-order valence-corrected chi connectivity index (χ1v) is 8.36. The van der Waals surface area contributed by atoms with Gasteiger partial charge < -0.3 is 9.84 Å². The predicted octanol–water partition coefficient (Wildman–Crippen LogP) is 5.56. The molecule has 0 aliphatic heterocycles. The number of hydrogen-bond acceptors (Lipinski definition) is 4. The van der Waals surface area contributed by atoms with Crippen LogP contribution in [0.1, 0.15) is 10.5 Å². The topological polar surface area (TPSA) is 55.1 Å². The average molecular weight is 381 g/mol. The number of carbonyl (C=O) groups is 1. The van der Waals surface area contributed by atoms with Crippen LogP contribution in [0.2, 0.25) is 5.02 Å². The fourth-order valence-electron chi connectivity index (χ4n) is 2.05. The van der Waals surface area contributed by atoms with Crippen molar-refractivity contribution in [1.29, 1.82) is 0 Å². The maximum Gasteiger partial charge on any atom is 0.288 e. The smallest absolute Gasteiger partial charge is 0.288 e. The third-order valence-corrected chi connectivity index (χ3v) is 4.18. The van der Waals surface area contributed by atoms with Gasteiger partial charge in [-0.15, -0.1) is 0 Å². The Morgan fingerprint density at radius 2 is 1.80 bits per heavy atom. The molecule has 0 aliphatic rings. The van der Waals surface area contributed by atoms with Crippen molar-refractivity contribution in [1.82, 2.24) is 5.16 Å². The number of carbonyl (C=O) groups excluding carboxylic acids is 1. The summed E-state index contributed by atoms with van der Waals surface area (Å²) in [7, 11) is 0. The lowest BCUT2D eigenvalue weighted by atomic mass is 10.1. The van der Waals surface area contributed by atoms with Gasteiger partial charge in [0.05, 0.1) is 0 Å². The fraction of sp³-hybridized carbons (Fsp3) is 0.0588. The van der Waals surface area contributed by atoms with E-state index in [1.165, 1.54) is 18.2 Å². The number of nitrogens with one attached hydrogen (secondary N) is 1. The van der Waals surface area contributed by atoms with Gasteiger partial charge in [0.25, 0.3) is 11.7 Å². The number of rotatable bonds is 5. The maximum absolute atomic E-state index is 12.3. The molecule has 0 radical (unpaired) electrons. The van der Waals surface area contributed by atoms with Gasteiger partial charge in [0.2, 0.25) is 0 Å². The molecule has 0 aliphatic carbocycles. The van der Waals surface area contributed by atoms with Crippen molar-refractivity contribution in [2.24, 2.45) is 0 Å². The standard InChI is InChI=1S/C17H11ClF2N2O2S/c18-11-3-1-10(2-4-11)15-9-14(22-24-15)16(23)21-12-5-7-13(8-6-12)25-17(19)20/h1-9,17H,(H,21,23). The molecule has 0 atom stereocenters. The highest BCUT2D eigenvalue weighted by atomic mass is 35.5. The van der Waals surface area contributed by atoms with E-state index in [1.807, 2.05) is 0 Å². The molecule has 0 bridgehead atoms. The molecule has 8 heteroatoms. The molecule has 3 aromatic rings. The summed E-state index contributed by atoms with van der Waals surface area (Å²) < 4.78 is 29.7. The van der Waals surface area contributed by atoms with Crippen LogP contribution in [0.4, 0.5) is 14.5 Å². The van der Waals surface area contributed by atoms with Crippen molar-refractivity contribution in [3.63, 3.8) is 0 Å². The van der Waals surface area contributed by atoms with Crippen molar-refractivity contribution in [2.45, 2.75) is 10.7 Å². The van der Waals surface area contributed by atoms with E-state index in [-0.39, 0.29) is 5.69 Å². The lowest BCUT2D eigenvalue weighted by Crippen LogP contribution is -2.11. The number of hydrogen-bond donors (Lipinski definition) is 1. The molecule has 1 N–H and O–H groups in total. The first-order chi connectivity index (χ1) is 12.0. The second kappa shape index (κ2) is 7.67. The SMILES string of the molecule is O=C(Nc1ccc(SC(F)F)cc1)c1cc(-c2ccc(Cl)cc2)on1. The summed E-state index contributed by atoms with van der Waals surface area (Å²) in [5.74, 6) is -2.51. The number of alkyl halides is 2. The largest absolute Gasteiger partial charge is 0.355 e. The average Bonchev–Trinajstić information content (AvgIpc) is 3.07. The van der Waals surface area contributed by atoms with Crippen LogP contribution in [-0.2, 0) is 0 Å². The lowest BCUT2D eigenvalue weighted by molar-refractivity contribution is 0.101.